The number of thiocarbonyl (C=S) groups is 1. The zero-order chi connectivity index (χ0) is 28.4. The van der Waals surface area contributed by atoms with Crippen LogP contribution in [0.1, 0.15) is 21.5 Å². The average molecular weight is 617 g/mol. The van der Waals surface area contributed by atoms with E-state index in [1.54, 1.807) is 12.1 Å². The van der Waals surface area contributed by atoms with Gasteiger partial charge in [-0.05, 0) is 70.5 Å². The van der Waals surface area contributed by atoms with E-state index in [0.29, 0.717) is 28.1 Å². The minimum atomic E-state index is -1.16. The van der Waals surface area contributed by atoms with Crippen molar-refractivity contribution in [1.29, 1.82) is 0 Å². The predicted octanol–water partition coefficient (Wildman–Crippen LogP) is 5.72. The third-order valence-electron chi connectivity index (χ3n) is 6.30. The second-order valence-electron chi connectivity index (χ2n) is 8.76. The molecule has 0 aromatic heterocycles. The van der Waals surface area contributed by atoms with Crippen LogP contribution in [-0.4, -0.2) is 35.1 Å². The van der Waals surface area contributed by atoms with Gasteiger partial charge in [0, 0.05) is 4.47 Å². The van der Waals surface area contributed by atoms with Crippen molar-refractivity contribution in [1.82, 2.24) is 5.32 Å². The Morgan fingerprint density at radius 3 is 2.55 bits per heavy atom. The zero-order valence-electron chi connectivity index (χ0n) is 21.0. The van der Waals surface area contributed by atoms with Gasteiger partial charge in [0.05, 0.1) is 18.4 Å². The van der Waals surface area contributed by atoms with Crippen molar-refractivity contribution in [3.05, 3.63) is 106 Å². The fourth-order valence-corrected chi connectivity index (χ4v) is 5.05. The van der Waals surface area contributed by atoms with Gasteiger partial charge in [-0.15, -0.1) is 0 Å². The second kappa shape index (κ2) is 11.3. The van der Waals surface area contributed by atoms with E-state index in [9.17, 15) is 19.5 Å². The Balaban J connectivity index is 1.45. The van der Waals surface area contributed by atoms with Gasteiger partial charge in [-0.25, -0.2) is 4.79 Å². The molecule has 1 saturated heterocycles. The summed E-state index contributed by atoms with van der Waals surface area (Å²) in [4.78, 5) is 38.7. The third kappa shape index (κ3) is 5.31. The molecular formula is C30H21BrN2O6S. The first kappa shape index (κ1) is 27.0. The van der Waals surface area contributed by atoms with Crippen LogP contribution in [0.4, 0.5) is 5.69 Å². The van der Waals surface area contributed by atoms with E-state index in [0.717, 1.165) is 21.2 Å². The molecule has 200 valence electrons. The molecule has 0 spiro atoms. The van der Waals surface area contributed by atoms with Crippen LogP contribution in [-0.2, 0) is 16.2 Å². The van der Waals surface area contributed by atoms with Crippen molar-refractivity contribution in [2.24, 2.45) is 0 Å². The van der Waals surface area contributed by atoms with Gasteiger partial charge in [0.25, 0.3) is 11.8 Å². The minimum absolute atomic E-state index is 0.0258. The lowest BCUT2D eigenvalue weighted by atomic mass is 10.1. The van der Waals surface area contributed by atoms with Gasteiger partial charge < -0.3 is 14.6 Å². The number of benzene rings is 4. The normalized spacial score (nSPS) is 14.4. The first-order valence-electron chi connectivity index (χ1n) is 12.0. The highest BCUT2D eigenvalue weighted by Crippen LogP contribution is 2.36. The van der Waals surface area contributed by atoms with Gasteiger partial charge in [-0.1, -0.05) is 64.5 Å². The maximum Gasteiger partial charge on any atom is 0.335 e. The molecule has 4 aromatic carbocycles. The summed E-state index contributed by atoms with van der Waals surface area (Å²) in [6.07, 6.45) is 1.41. The lowest BCUT2D eigenvalue weighted by molar-refractivity contribution is -0.122. The van der Waals surface area contributed by atoms with E-state index >= 15 is 0 Å². The van der Waals surface area contributed by atoms with Crippen LogP contribution in [0.25, 0.3) is 16.8 Å². The number of carboxylic acids is 1. The number of anilines is 1. The molecule has 10 heteroatoms. The standard InChI is InChI=1S/C30H21BrN2O6S/c1-38-25-14-20(24(31)15-26(25)39-16-19-9-4-7-17-6-2-3-11-22(17)19)13-23-27(34)32-30(40)33(28(23)35)21-10-5-8-18(12-21)29(36)37/h2-15H,16H2,1H3,(H,36,37)(H,32,34,40). The van der Waals surface area contributed by atoms with Gasteiger partial charge in [-0.3, -0.25) is 19.8 Å². The zero-order valence-corrected chi connectivity index (χ0v) is 23.4. The van der Waals surface area contributed by atoms with Gasteiger partial charge in [0.2, 0.25) is 0 Å². The Bertz CT molecular complexity index is 1730. The van der Waals surface area contributed by atoms with E-state index in [1.165, 1.54) is 37.5 Å². The molecule has 0 saturated carbocycles. The Morgan fingerprint density at radius 2 is 1.77 bits per heavy atom. The Hall–Kier alpha value is -4.54. The molecule has 0 bridgehead atoms. The minimum Gasteiger partial charge on any atom is -0.493 e. The summed E-state index contributed by atoms with van der Waals surface area (Å²) >= 11 is 8.74. The van der Waals surface area contributed by atoms with E-state index in [2.05, 4.69) is 21.2 Å². The number of carbonyl (C=O) groups is 3. The average Bonchev–Trinajstić information content (AvgIpc) is 2.95. The molecule has 1 heterocycles. The summed E-state index contributed by atoms with van der Waals surface area (Å²) in [5.41, 5.74) is 1.49. The summed E-state index contributed by atoms with van der Waals surface area (Å²) in [5.74, 6) is -1.66. The molecule has 8 nitrogen and oxygen atoms in total. The van der Waals surface area contributed by atoms with Crippen LogP contribution < -0.4 is 19.7 Å². The van der Waals surface area contributed by atoms with Crippen LogP contribution >= 0.6 is 28.1 Å². The monoisotopic (exact) mass is 616 g/mol. The number of carbonyl (C=O) groups excluding carboxylic acids is 2. The summed E-state index contributed by atoms with van der Waals surface area (Å²) in [6, 6.07) is 23.1. The van der Waals surface area contributed by atoms with E-state index in [4.69, 9.17) is 21.7 Å². The van der Waals surface area contributed by atoms with Gasteiger partial charge in [0.15, 0.2) is 16.6 Å². The maximum atomic E-state index is 13.4. The Labute approximate surface area is 242 Å². The maximum absolute atomic E-state index is 13.4. The predicted molar refractivity (Wildman–Crippen MR) is 159 cm³/mol. The van der Waals surface area contributed by atoms with E-state index in [1.807, 2.05) is 42.5 Å². The number of nitrogens with zero attached hydrogens (tertiary/aromatic N) is 1. The molecule has 2 N–H and O–H groups in total. The first-order valence-corrected chi connectivity index (χ1v) is 13.2. The van der Waals surface area contributed by atoms with Crippen LogP contribution in [0.5, 0.6) is 11.5 Å². The smallest absolute Gasteiger partial charge is 0.335 e. The number of rotatable bonds is 7. The molecule has 2 amide bonds. The number of fused-ring (bicyclic) bond motifs is 1. The molecule has 0 aliphatic carbocycles. The molecule has 4 aromatic rings. The van der Waals surface area contributed by atoms with Crippen molar-refractivity contribution < 1.29 is 29.0 Å². The number of amides is 2. The fourth-order valence-electron chi connectivity index (χ4n) is 4.33. The molecule has 1 aliphatic heterocycles. The van der Waals surface area contributed by atoms with Crippen molar-refractivity contribution >= 4 is 73.6 Å². The Kier molecular flexibility index (Phi) is 7.63. The van der Waals surface area contributed by atoms with Gasteiger partial charge >= 0.3 is 5.97 Å². The van der Waals surface area contributed by atoms with Crippen molar-refractivity contribution in [2.75, 3.05) is 12.0 Å². The largest absolute Gasteiger partial charge is 0.493 e. The van der Waals surface area contributed by atoms with Crippen molar-refractivity contribution in [3.8, 4) is 11.5 Å². The number of methoxy groups -OCH3 is 1. The second-order valence-corrected chi connectivity index (χ2v) is 10.0. The number of hydrogen-bond donors (Lipinski definition) is 2. The molecule has 0 radical (unpaired) electrons. The van der Waals surface area contributed by atoms with Crippen LogP contribution in [0.2, 0.25) is 0 Å². The molecular weight excluding hydrogens is 596 g/mol. The molecule has 1 aliphatic rings. The molecule has 0 atom stereocenters. The molecule has 0 unspecified atom stereocenters. The SMILES string of the molecule is COc1cc(C=C2C(=O)NC(=S)N(c3cccc(C(=O)O)c3)C2=O)c(Br)cc1OCc1cccc2ccccc12. The van der Waals surface area contributed by atoms with E-state index in [-0.39, 0.29) is 21.9 Å². The highest BCUT2D eigenvalue weighted by atomic mass is 79.9. The Morgan fingerprint density at radius 1 is 1.02 bits per heavy atom. The lowest BCUT2D eigenvalue weighted by Crippen LogP contribution is -2.54. The van der Waals surface area contributed by atoms with Crippen molar-refractivity contribution in [3.63, 3.8) is 0 Å². The van der Waals surface area contributed by atoms with E-state index < -0.39 is 17.8 Å². The fraction of sp³-hybridized carbons (Fsp3) is 0.0667. The number of ether oxygens (including phenoxy) is 2. The summed E-state index contributed by atoms with van der Waals surface area (Å²) < 4.78 is 12.2. The number of nitrogens with one attached hydrogen (secondary N) is 1. The lowest BCUT2D eigenvalue weighted by Gasteiger charge is -2.29. The quantitative estimate of drug-likeness (QED) is 0.155. The van der Waals surface area contributed by atoms with Crippen LogP contribution in [0, 0.1) is 0 Å². The number of hydrogen-bond acceptors (Lipinski definition) is 6. The first-order chi connectivity index (χ1) is 19.3. The highest BCUT2D eigenvalue weighted by Gasteiger charge is 2.35. The number of carboxylic acid groups (broad SMARTS) is 1. The van der Waals surface area contributed by atoms with Crippen LogP contribution in [0.15, 0.2) is 88.9 Å². The van der Waals surface area contributed by atoms with Gasteiger partial charge in [-0.2, -0.15) is 0 Å². The third-order valence-corrected chi connectivity index (χ3v) is 7.27. The highest BCUT2D eigenvalue weighted by molar-refractivity contribution is 9.10. The molecule has 5 rings (SSSR count). The summed E-state index contributed by atoms with van der Waals surface area (Å²) in [7, 11) is 1.50. The van der Waals surface area contributed by atoms with Crippen LogP contribution in [0.3, 0.4) is 0 Å². The van der Waals surface area contributed by atoms with Gasteiger partial charge in [0.1, 0.15) is 12.2 Å². The summed E-state index contributed by atoms with van der Waals surface area (Å²) in [5, 5.41) is 13.9. The molecule has 40 heavy (non-hydrogen) atoms. The number of aromatic carboxylic acids is 1. The number of halogens is 1. The summed E-state index contributed by atoms with van der Waals surface area (Å²) in [6.45, 7) is 0.299. The topological polar surface area (TPSA) is 105 Å². The van der Waals surface area contributed by atoms with Crippen molar-refractivity contribution in [2.45, 2.75) is 6.61 Å². The molecule has 1 fully saturated rings.